The van der Waals surface area contributed by atoms with Crippen LogP contribution in [-0.4, -0.2) is 35.7 Å². The number of rotatable bonds is 3. The SMILES string of the molecule is O=C(O)c1ccc(-n2cnc([N+](=O)[O-])n2)nc1. The quantitative estimate of drug-likeness (QED) is 0.597. The summed E-state index contributed by atoms with van der Waals surface area (Å²) < 4.78 is 1.09. The van der Waals surface area contributed by atoms with Crippen molar-refractivity contribution in [2.75, 3.05) is 0 Å². The average molecular weight is 235 g/mol. The van der Waals surface area contributed by atoms with Gasteiger partial charge in [0.15, 0.2) is 5.82 Å². The summed E-state index contributed by atoms with van der Waals surface area (Å²) in [5, 5.41) is 22.6. The van der Waals surface area contributed by atoms with Crippen LogP contribution in [0.1, 0.15) is 10.4 Å². The molecule has 2 rings (SSSR count). The summed E-state index contributed by atoms with van der Waals surface area (Å²) >= 11 is 0. The van der Waals surface area contributed by atoms with Gasteiger partial charge in [0, 0.05) is 11.3 Å². The molecule has 1 N–H and O–H groups in total. The highest BCUT2D eigenvalue weighted by molar-refractivity contribution is 5.87. The van der Waals surface area contributed by atoms with Gasteiger partial charge in [0.2, 0.25) is 6.33 Å². The predicted octanol–water partition coefficient (Wildman–Crippen LogP) is 0.269. The predicted molar refractivity (Wildman–Crippen MR) is 52.8 cm³/mol. The Morgan fingerprint density at radius 3 is 2.65 bits per heavy atom. The van der Waals surface area contributed by atoms with Gasteiger partial charge in [0.1, 0.15) is 0 Å². The Morgan fingerprint density at radius 1 is 1.41 bits per heavy atom. The molecule has 0 aliphatic carbocycles. The van der Waals surface area contributed by atoms with Crippen LogP contribution < -0.4 is 0 Å². The van der Waals surface area contributed by atoms with Gasteiger partial charge in [-0.3, -0.25) is 0 Å². The van der Waals surface area contributed by atoms with Crippen LogP contribution in [0.15, 0.2) is 24.7 Å². The van der Waals surface area contributed by atoms with E-state index in [1.54, 1.807) is 0 Å². The maximum Gasteiger partial charge on any atom is 0.491 e. The Hall–Kier alpha value is -2.84. The molecule has 0 atom stereocenters. The van der Waals surface area contributed by atoms with Crippen LogP contribution in [0.25, 0.3) is 5.82 Å². The molecule has 0 aliphatic rings. The Balaban J connectivity index is 2.33. The van der Waals surface area contributed by atoms with Crippen LogP contribution in [0.4, 0.5) is 5.95 Å². The van der Waals surface area contributed by atoms with Crippen LogP contribution >= 0.6 is 0 Å². The standard InChI is InChI=1S/C8H5N5O4/c14-7(15)5-1-2-6(9-3-5)12-4-10-8(11-12)13(16)17/h1-4H,(H,14,15). The van der Waals surface area contributed by atoms with E-state index in [2.05, 4.69) is 15.1 Å². The van der Waals surface area contributed by atoms with Gasteiger partial charge in [-0.2, -0.15) is 0 Å². The summed E-state index contributed by atoms with van der Waals surface area (Å²) in [6, 6.07) is 2.69. The van der Waals surface area contributed by atoms with Gasteiger partial charge in [0.25, 0.3) is 0 Å². The normalized spacial score (nSPS) is 10.1. The zero-order valence-corrected chi connectivity index (χ0v) is 8.22. The Labute approximate surface area is 93.5 Å². The summed E-state index contributed by atoms with van der Waals surface area (Å²) in [5.74, 6) is -1.40. The van der Waals surface area contributed by atoms with E-state index >= 15 is 0 Å². The molecule has 2 aromatic heterocycles. The molecule has 2 aromatic rings. The van der Waals surface area contributed by atoms with Crippen molar-refractivity contribution in [3.05, 3.63) is 40.3 Å². The first-order valence-corrected chi connectivity index (χ1v) is 4.33. The molecule has 0 saturated carbocycles. The molecule has 0 amide bonds. The van der Waals surface area contributed by atoms with E-state index in [4.69, 9.17) is 5.11 Å². The molecule has 2 heterocycles. The summed E-state index contributed by atoms with van der Waals surface area (Å²) in [5.41, 5.74) is 0.0170. The number of hydrogen-bond acceptors (Lipinski definition) is 6. The highest BCUT2D eigenvalue weighted by atomic mass is 16.6. The van der Waals surface area contributed by atoms with Crippen molar-refractivity contribution in [3.63, 3.8) is 0 Å². The third-order valence-corrected chi connectivity index (χ3v) is 1.87. The first kappa shape index (κ1) is 10.7. The van der Waals surface area contributed by atoms with Crippen LogP contribution in [0, 0.1) is 10.1 Å². The van der Waals surface area contributed by atoms with Crippen LogP contribution in [0.3, 0.4) is 0 Å². The number of carbonyl (C=O) groups is 1. The first-order valence-electron chi connectivity index (χ1n) is 4.33. The monoisotopic (exact) mass is 235 g/mol. The van der Waals surface area contributed by atoms with Crippen molar-refractivity contribution >= 4 is 11.9 Å². The van der Waals surface area contributed by atoms with Crippen molar-refractivity contribution in [3.8, 4) is 5.82 Å². The number of aromatic carboxylic acids is 1. The molecule has 0 spiro atoms. The molecule has 17 heavy (non-hydrogen) atoms. The van der Waals surface area contributed by atoms with Crippen LogP contribution in [0.5, 0.6) is 0 Å². The fraction of sp³-hybridized carbons (Fsp3) is 0. The number of nitro groups is 1. The average Bonchev–Trinajstić information content (AvgIpc) is 2.78. The first-order chi connectivity index (χ1) is 8.08. The van der Waals surface area contributed by atoms with E-state index in [1.165, 1.54) is 12.1 Å². The smallest absolute Gasteiger partial charge is 0.478 e. The third kappa shape index (κ3) is 2.07. The summed E-state index contributed by atoms with van der Waals surface area (Å²) in [6.07, 6.45) is 2.26. The van der Waals surface area contributed by atoms with Crippen LogP contribution in [-0.2, 0) is 0 Å². The van der Waals surface area contributed by atoms with E-state index in [-0.39, 0.29) is 11.4 Å². The molecule has 0 radical (unpaired) electrons. The minimum atomic E-state index is -1.10. The lowest BCUT2D eigenvalue weighted by atomic mass is 10.3. The molecular weight excluding hydrogens is 230 g/mol. The lowest BCUT2D eigenvalue weighted by Gasteiger charge is -1.96. The number of hydrogen-bond donors (Lipinski definition) is 1. The minimum absolute atomic E-state index is 0.0170. The minimum Gasteiger partial charge on any atom is -0.478 e. The van der Waals surface area contributed by atoms with E-state index < -0.39 is 16.8 Å². The van der Waals surface area contributed by atoms with E-state index in [1.807, 2.05) is 0 Å². The van der Waals surface area contributed by atoms with Gasteiger partial charge in [-0.05, 0) is 17.1 Å². The van der Waals surface area contributed by atoms with E-state index in [0.29, 0.717) is 0 Å². The van der Waals surface area contributed by atoms with Crippen LogP contribution in [0.2, 0.25) is 0 Å². The number of carboxylic acids is 1. The Bertz CT molecular complexity index is 576. The van der Waals surface area contributed by atoms with E-state index in [0.717, 1.165) is 17.2 Å². The van der Waals surface area contributed by atoms with Crippen molar-refractivity contribution in [1.82, 2.24) is 19.7 Å². The summed E-state index contributed by atoms with van der Waals surface area (Å²) in [6.45, 7) is 0. The second kappa shape index (κ2) is 3.96. The fourth-order valence-corrected chi connectivity index (χ4v) is 1.10. The number of pyridine rings is 1. The maximum atomic E-state index is 10.6. The lowest BCUT2D eigenvalue weighted by molar-refractivity contribution is -0.394. The summed E-state index contributed by atoms with van der Waals surface area (Å²) in [7, 11) is 0. The van der Waals surface area contributed by atoms with Crippen molar-refractivity contribution in [1.29, 1.82) is 0 Å². The molecule has 0 aliphatic heterocycles. The lowest BCUT2D eigenvalue weighted by Crippen LogP contribution is -2.02. The van der Waals surface area contributed by atoms with Crippen molar-refractivity contribution in [2.45, 2.75) is 0 Å². The molecule has 0 saturated heterocycles. The van der Waals surface area contributed by atoms with Crippen molar-refractivity contribution < 1.29 is 14.8 Å². The van der Waals surface area contributed by atoms with Gasteiger partial charge in [0.05, 0.1) is 5.56 Å². The molecule has 0 unspecified atom stereocenters. The molecule has 9 nitrogen and oxygen atoms in total. The highest BCUT2D eigenvalue weighted by Gasteiger charge is 2.15. The van der Waals surface area contributed by atoms with E-state index in [9.17, 15) is 14.9 Å². The second-order valence-corrected chi connectivity index (χ2v) is 2.96. The van der Waals surface area contributed by atoms with Gasteiger partial charge >= 0.3 is 11.9 Å². The van der Waals surface area contributed by atoms with Gasteiger partial charge < -0.3 is 15.2 Å². The van der Waals surface area contributed by atoms with Crippen molar-refractivity contribution in [2.24, 2.45) is 0 Å². The molecular formula is C8H5N5O4. The molecule has 0 aromatic carbocycles. The molecule has 86 valence electrons. The number of aromatic nitrogens is 4. The zero-order chi connectivity index (χ0) is 12.4. The Kier molecular flexibility index (Phi) is 2.49. The zero-order valence-electron chi connectivity index (χ0n) is 8.22. The molecule has 0 fully saturated rings. The van der Waals surface area contributed by atoms with Gasteiger partial charge in [-0.1, -0.05) is 4.98 Å². The Morgan fingerprint density at radius 2 is 2.18 bits per heavy atom. The second-order valence-electron chi connectivity index (χ2n) is 2.96. The fourth-order valence-electron chi connectivity index (χ4n) is 1.10. The number of carboxylic acid groups (broad SMARTS) is 1. The third-order valence-electron chi connectivity index (χ3n) is 1.87. The topological polar surface area (TPSA) is 124 Å². The number of nitrogens with zero attached hydrogens (tertiary/aromatic N) is 5. The summed E-state index contributed by atoms with van der Waals surface area (Å²) in [4.78, 5) is 27.4. The molecule has 9 heteroatoms. The maximum absolute atomic E-state index is 10.6. The van der Waals surface area contributed by atoms with Gasteiger partial charge in [-0.15, -0.1) is 4.68 Å². The molecule has 0 bridgehead atoms. The van der Waals surface area contributed by atoms with Gasteiger partial charge in [-0.25, -0.2) is 9.78 Å². The highest BCUT2D eigenvalue weighted by Crippen LogP contribution is 2.07. The largest absolute Gasteiger partial charge is 0.491 e.